The van der Waals surface area contributed by atoms with Gasteiger partial charge in [0.05, 0.1) is 0 Å². The van der Waals surface area contributed by atoms with Crippen molar-refractivity contribution in [3.05, 3.63) is 0 Å². The predicted molar refractivity (Wildman–Crippen MR) is 21.9 cm³/mol. The van der Waals surface area contributed by atoms with E-state index in [0.29, 0.717) is 0 Å². The minimum absolute atomic E-state index is 0. The quantitative estimate of drug-likeness (QED) is 0.189. The summed E-state index contributed by atoms with van der Waals surface area (Å²) >= 11 is 0. The maximum Gasteiger partial charge on any atom is 2.00 e. The maximum atomic E-state index is 6.06. The topological polar surface area (TPSA) is 75.9 Å². The first kappa shape index (κ1) is 8.90. The summed E-state index contributed by atoms with van der Waals surface area (Å²) in [5.74, 6) is -0.333. The van der Waals surface area contributed by atoms with Crippen LogP contribution in [-0.4, -0.2) is 29.0 Å². The number of rotatable bonds is 0. The van der Waals surface area contributed by atoms with Gasteiger partial charge in [0.15, 0.2) is 5.96 Å². The van der Waals surface area contributed by atoms with Gasteiger partial charge in [-0.25, -0.2) is 0 Å². The molecule has 0 saturated heterocycles. The second-order valence-electron chi connectivity index (χ2n) is 0.455. The normalized spacial score (nSPS) is 4.80. The number of nitrogens with one attached hydrogen (secondary N) is 1. The van der Waals surface area contributed by atoms with E-state index in [1.54, 1.807) is 0 Å². The van der Waals surface area contributed by atoms with Gasteiger partial charge >= 0.3 is 23.1 Å². The van der Waals surface area contributed by atoms with E-state index in [2.05, 4.69) is 11.5 Å². The van der Waals surface area contributed by atoms with E-state index < -0.39 is 0 Å². The molecule has 0 rings (SSSR count). The Hall–Kier alpha value is 0.0362. The van der Waals surface area contributed by atoms with Gasteiger partial charge in [0.1, 0.15) is 0 Å². The Morgan fingerprint density at radius 1 is 1.40 bits per heavy atom. The van der Waals surface area contributed by atoms with Crippen molar-refractivity contribution in [2.75, 3.05) is 0 Å². The summed E-state index contributed by atoms with van der Waals surface area (Å²) in [6, 6.07) is 0. The Kier molecular flexibility index (Phi) is 7.18. The number of hydrogen-bond donors (Lipinski definition) is 3. The van der Waals surface area contributed by atoms with Crippen LogP contribution in [0.15, 0.2) is 0 Å². The van der Waals surface area contributed by atoms with E-state index in [0.717, 1.165) is 0 Å². The molecule has 0 unspecified atom stereocenters. The molecule has 0 heterocycles. The zero-order chi connectivity index (χ0) is 3.58. The summed E-state index contributed by atoms with van der Waals surface area (Å²) in [7, 11) is 0. The molecular weight excluding hydrogens is 78.3 g/mol. The third-order valence-corrected chi connectivity index (χ3v) is 0. The maximum absolute atomic E-state index is 6.06. The summed E-state index contributed by atoms with van der Waals surface area (Å²) in [5, 5.41) is 6.06. The fourth-order valence-corrected chi connectivity index (χ4v) is 0. The molecule has 0 aliphatic carbocycles. The monoisotopic (exact) mass is 83.0 g/mol. The molecule has 0 aliphatic heterocycles. The third-order valence-electron chi connectivity index (χ3n) is 0. The van der Waals surface area contributed by atoms with Crippen molar-refractivity contribution in [3.63, 3.8) is 0 Å². The molecule has 0 aromatic heterocycles. The zero-order valence-electron chi connectivity index (χ0n) is 2.86. The van der Waals surface area contributed by atoms with Crippen molar-refractivity contribution in [3.8, 4) is 0 Å². The van der Waals surface area contributed by atoms with E-state index in [-0.39, 0.29) is 29.0 Å². The molecule has 0 spiro atoms. The third kappa shape index (κ3) is 12700. The first-order valence-corrected chi connectivity index (χ1v) is 0.827. The van der Waals surface area contributed by atoms with Crippen LogP contribution in [0.25, 0.3) is 0 Å². The van der Waals surface area contributed by atoms with E-state index in [4.69, 9.17) is 5.41 Å². The van der Waals surface area contributed by atoms with Crippen molar-refractivity contribution in [1.29, 1.82) is 5.41 Å². The number of nitrogens with two attached hydrogens (primary N) is 2. The minimum Gasteiger partial charge on any atom is -0.370 e. The first-order chi connectivity index (χ1) is 1.73. The molecule has 0 amide bonds. The van der Waals surface area contributed by atoms with Gasteiger partial charge in [0, 0.05) is 0 Å². The fourth-order valence-electron chi connectivity index (χ4n) is 0. The van der Waals surface area contributed by atoms with Gasteiger partial charge in [-0.1, -0.05) is 0 Å². The second-order valence-corrected chi connectivity index (χ2v) is 0.455. The predicted octanol–water partition coefficient (Wildman–Crippen LogP) is -1.54. The Balaban J connectivity index is 0. The Morgan fingerprint density at radius 2 is 1.40 bits per heavy atom. The van der Waals surface area contributed by atoms with Crippen LogP contribution in [-0.2, 0) is 0 Å². The second kappa shape index (κ2) is 4.04. The van der Waals surface area contributed by atoms with Crippen LogP contribution in [0.1, 0.15) is 0 Å². The Bertz CT molecular complexity index is 29.9. The molecule has 0 atom stereocenters. The van der Waals surface area contributed by atoms with Gasteiger partial charge < -0.3 is 11.5 Å². The minimum atomic E-state index is -0.333. The van der Waals surface area contributed by atoms with Crippen molar-refractivity contribution >= 4 is 29.0 Å². The molecule has 5 N–H and O–H groups in total. The van der Waals surface area contributed by atoms with E-state index in [9.17, 15) is 0 Å². The van der Waals surface area contributed by atoms with Gasteiger partial charge in [-0.15, -0.1) is 0 Å². The van der Waals surface area contributed by atoms with Gasteiger partial charge in [-0.2, -0.15) is 0 Å². The molecule has 0 bridgehead atoms. The van der Waals surface area contributed by atoms with Crippen LogP contribution < -0.4 is 11.5 Å². The Labute approximate surface area is 46.4 Å². The smallest absolute Gasteiger partial charge is 0.370 e. The molecule has 0 radical (unpaired) electrons. The zero-order valence-corrected chi connectivity index (χ0v) is 4.28. The van der Waals surface area contributed by atoms with Crippen LogP contribution in [0, 0.1) is 5.41 Å². The SMILES string of the molecule is N=C(N)N.[Mg+2]. The molecule has 0 aromatic rings. The van der Waals surface area contributed by atoms with Crippen LogP contribution in [0.5, 0.6) is 0 Å². The summed E-state index contributed by atoms with van der Waals surface area (Å²) < 4.78 is 0. The fraction of sp³-hybridized carbons (Fsp3) is 0. The standard InChI is InChI=1S/CH5N3.Mg/c2-1(3)4;/h(H5,2,3,4);/q;+2. The van der Waals surface area contributed by atoms with Crippen molar-refractivity contribution in [2.45, 2.75) is 0 Å². The Morgan fingerprint density at radius 3 is 1.40 bits per heavy atom. The van der Waals surface area contributed by atoms with Gasteiger partial charge in [0.25, 0.3) is 0 Å². The molecule has 0 aliphatic rings. The van der Waals surface area contributed by atoms with Gasteiger partial charge in [-0.3, -0.25) is 5.41 Å². The number of guanidine groups is 1. The summed E-state index contributed by atoms with van der Waals surface area (Å²) in [6.07, 6.45) is 0. The molecule has 3 nitrogen and oxygen atoms in total. The van der Waals surface area contributed by atoms with Gasteiger partial charge in [-0.05, 0) is 0 Å². The van der Waals surface area contributed by atoms with Crippen molar-refractivity contribution in [1.82, 2.24) is 0 Å². The van der Waals surface area contributed by atoms with Crippen molar-refractivity contribution in [2.24, 2.45) is 11.5 Å². The molecule has 24 valence electrons. The summed E-state index contributed by atoms with van der Waals surface area (Å²) in [6.45, 7) is 0. The molecule has 4 heteroatoms. The molecule has 0 aromatic carbocycles. The largest absolute Gasteiger partial charge is 2.00 e. The van der Waals surface area contributed by atoms with E-state index in [1.807, 2.05) is 0 Å². The molecule has 0 saturated carbocycles. The van der Waals surface area contributed by atoms with Crippen LogP contribution >= 0.6 is 0 Å². The summed E-state index contributed by atoms with van der Waals surface area (Å²) in [5.41, 5.74) is 8.94. The van der Waals surface area contributed by atoms with Crippen LogP contribution in [0.2, 0.25) is 0 Å². The van der Waals surface area contributed by atoms with E-state index >= 15 is 0 Å². The van der Waals surface area contributed by atoms with Crippen LogP contribution in [0.4, 0.5) is 0 Å². The van der Waals surface area contributed by atoms with Crippen LogP contribution in [0.3, 0.4) is 0 Å². The number of hydrogen-bond acceptors (Lipinski definition) is 1. The van der Waals surface area contributed by atoms with Crippen molar-refractivity contribution < 1.29 is 0 Å². The first-order valence-electron chi connectivity index (χ1n) is 0.827. The molecule has 5 heavy (non-hydrogen) atoms. The van der Waals surface area contributed by atoms with Gasteiger partial charge in [0.2, 0.25) is 0 Å². The average molecular weight is 83.4 g/mol. The van der Waals surface area contributed by atoms with E-state index in [1.165, 1.54) is 0 Å². The summed E-state index contributed by atoms with van der Waals surface area (Å²) in [4.78, 5) is 0. The molecule has 0 fully saturated rings. The molecular formula is CH5MgN3+2. The average Bonchev–Trinajstić information content (AvgIpc) is 0.811.